The summed E-state index contributed by atoms with van der Waals surface area (Å²) in [5.74, 6) is -0.174. The minimum absolute atomic E-state index is 0.0612. The number of imidazole rings is 1. The van der Waals surface area contributed by atoms with Crippen LogP contribution in [0.1, 0.15) is 22.7 Å². The third kappa shape index (κ3) is 4.85. The SMILES string of the molecule is O=C(C=Cc1ccccc1)Nc1ccc(C(c2cccc(Cl)c2)n2ccnc2)cc1. The Hall–Kier alpha value is -3.63. The van der Waals surface area contributed by atoms with Crippen molar-refractivity contribution in [2.75, 3.05) is 5.32 Å². The number of amides is 1. The predicted octanol–water partition coefficient (Wildman–Crippen LogP) is 5.83. The molecule has 4 nitrogen and oxygen atoms in total. The minimum atomic E-state index is -0.174. The van der Waals surface area contributed by atoms with E-state index in [0.717, 1.165) is 22.4 Å². The molecule has 3 aromatic carbocycles. The number of nitrogens with one attached hydrogen (secondary N) is 1. The lowest BCUT2D eigenvalue weighted by Gasteiger charge is -2.20. The van der Waals surface area contributed by atoms with Crippen LogP contribution >= 0.6 is 11.6 Å². The van der Waals surface area contributed by atoms with Crippen molar-refractivity contribution in [1.82, 2.24) is 9.55 Å². The third-order valence-corrected chi connectivity index (χ3v) is 4.94. The molecule has 0 aliphatic rings. The normalized spacial score (nSPS) is 12.0. The second-order valence-corrected chi connectivity index (χ2v) is 7.26. The largest absolute Gasteiger partial charge is 0.326 e. The Bertz CT molecular complexity index is 1140. The van der Waals surface area contributed by atoms with Crippen molar-refractivity contribution in [1.29, 1.82) is 0 Å². The number of rotatable bonds is 6. The number of halogens is 1. The van der Waals surface area contributed by atoms with E-state index in [0.29, 0.717) is 5.02 Å². The molecule has 4 aromatic rings. The first kappa shape index (κ1) is 19.7. The maximum Gasteiger partial charge on any atom is 0.248 e. The van der Waals surface area contributed by atoms with Crippen LogP contribution < -0.4 is 5.32 Å². The fourth-order valence-corrected chi connectivity index (χ4v) is 3.50. The van der Waals surface area contributed by atoms with Gasteiger partial charge in [-0.15, -0.1) is 0 Å². The van der Waals surface area contributed by atoms with E-state index >= 15 is 0 Å². The van der Waals surface area contributed by atoms with Gasteiger partial charge >= 0.3 is 0 Å². The molecule has 0 bridgehead atoms. The van der Waals surface area contributed by atoms with Crippen LogP contribution in [0, 0.1) is 0 Å². The van der Waals surface area contributed by atoms with Crippen LogP contribution in [0.25, 0.3) is 6.08 Å². The molecule has 0 radical (unpaired) electrons. The van der Waals surface area contributed by atoms with Crippen molar-refractivity contribution in [3.05, 3.63) is 125 Å². The lowest BCUT2D eigenvalue weighted by molar-refractivity contribution is -0.111. The molecule has 1 heterocycles. The number of carbonyl (C=O) groups excluding carboxylic acids is 1. The quantitative estimate of drug-likeness (QED) is 0.404. The van der Waals surface area contributed by atoms with Crippen LogP contribution in [0.2, 0.25) is 5.02 Å². The zero-order chi connectivity index (χ0) is 20.8. The molecule has 0 saturated heterocycles. The number of hydrogen-bond donors (Lipinski definition) is 1. The van der Waals surface area contributed by atoms with Crippen LogP contribution in [0.15, 0.2) is 104 Å². The number of nitrogens with zero attached hydrogens (tertiary/aromatic N) is 2. The Morgan fingerprint density at radius 2 is 1.77 bits per heavy atom. The predicted molar refractivity (Wildman–Crippen MR) is 121 cm³/mol. The minimum Gasteiger partial charge on any atom is -0.326 e. The molecular formula is C25H20ClN3O. The first-order chi connectivity index (χ1) is 14.7. The third-order valence-electron chi connectivity index (χ3n) is 4.71. The van der Waals surface area contributed by atoms with Gasteiger partial charge in [-0.25, -0.2) is 4.98 Å². The van der Waals surface area contributed by atoms with Crippen LogP contribution in [-0.2, 0) is 4.79 Å². The van der Waals surface area contributed by atoms with Gasteiger partial charge in [-0.1, -0.05) is 66.2 Å². The summed E-state index contributed by atoms with van der Waals surface area (Å²) in [5.41, 5.74) is 3.83. The van der Waals surface area contributed by atoms with Crippen molar-refractivity contribution in [2.24, 2.45) is 0 Å². The zero-order valence-corrected chi connectivity index (χ0v) is 16.9. The van der Waals surface area contributed by atoms with E-state index in [9.17, 15) is 4.79 Å². The first-order valence-corrected chi connectivity index (χ1v) is 9.94. The highest BCUT2D eigenvalue weighted by Crippen LogP contribution is 2.29. The van der Waals surface area contributed by atoms with Gasteiger partial charge in [0.15, 0.2) is 0 Å². The Morgan fingerprint density at radius 1 is 0.967 bits per heavy atom. The smallest absolute Gasteiger partial charge is 0.248 e. The average molecular weight is 414 g/mol. The Balaban J connectivity index is 1.52. The van der Waals surface area contributed by atoms with E-state index in [2.05, 4.69) is 10.3 Å². The van der Waals surface area contributed by atoms with Gasteiger partial charge in [0.05, 0.1) is 12.4 Å². The van der Waals surface area contributed by atoms with E-state index in [1.807, 2.05) is 89.6 Å². The molecule has 1 N–H and O–H groups in total. The maximum absolute atomic E-state index is 12.2. The number of aromatic nitrogens is 2. The molecule has 0 fully saturated rings. The molecule has 148 valence electrons. The molecule has 1 atom stereocenters. The van der Waals surface area contributed by atoms with Crippen LogP contribution in [-0.4, -0.2) is 15.5 Å². The fraction of sp³-hybridized carbons (Fsp3) is 0.0400. The molecule has 30 heavy (non-hydrogen) atoms. The van der Waals surface area contributed by atoms with Gasteiger partial charge in [-0.3, -0.25) is 4.79 Å². The molecular weight excluding hydrogens is 394 g/mol. The zero-order valence-electron chi connectivity index (χ0n) is 16.2. The van der Waals surface area contributed by atoms with Gasteiger partial charge in [0.25, 0.3) is 0 Å². The highest BCUT2D eigenvalue weighted by atomic mass is 35.5. The summed E-state index contributed by atoms with van der Waals surface area (Å²) in [7, 11) is 0. The van der Waals surface area contributed by atoms with Gasteiger partial charge in [0.2, 0.25) is 5.91 Å². The van der Waals surface area contributed by atoms with Crippen LogP contribution in [0.5, 0.6) is 0 Å². The summed E-state index contributed by atoms with van der Waals surface area (Å²) in [6, 6.07) is 25.3. The Labute approximate surface area is 180 Å². The molecule has 1 amide bonds. The summed E-state index contributed by atoms with van der Waals surface area (Å²) >= 11 is 6.22. The molecule has 0 saturated carbocycles. The standard InChI is InChI=1S/C25H20ClN3O/c26-22-8-4-7-21(17-22)25(29-16-15-27-18-29)20-10-12-23(13-11-20)28-24(30)14-9-19-5-2-1-3-6-19/h1-18,25H,(H,28,30). The van der Waals surface area contributed by atoms with Gasteiger partial charge < -0.3 is 9.88 Å². The van der Waals surface area contributed by atoms with Gasteiger partial charge in [0.1, 0.15) is 0 Å². The van der Waals surface area contributed by atoms with Gasteiger partial charge in [0, 0.05) is 29.2 Å². The molecule has 4 rings (SSSR count). The van der Waals surface area contributed by atoms with Crippen LogP contribution in [0.4, 0.5) is 5.69 Å². The molecule has 5 heteroatoms. The maximum atomic E-state index is 12.2. The number of anilines is 1. The monoisotopic (exact) mass is 413 g/mol. The first-order valence-electron chi connectivity index (χ1n) is 9.56. The fourth-order valence-electron chi connectivity index (χ4n) is 3.30. The van der Waals surface area contributed by atoms with Crippen LogP contribution in [0.3, 0.4) is 0 Å². The van der Waals surface area contributed by atoms with E-state index < -0.39 is 0 Å². The lowest BCUT2D eigenvalue weighted by Crippen LogP contribution is -2.11. The molecule has 1 aromatic heterocycles. The Morgan fingerprint density at radius 3 is 2.47 bits per heavy atom. The second kappa shape index (κ2) is 9.25. The van der Waals surface area contributed by atoms with Gasteiger partial charge in [-0.05, 0) is 47.0 Å². The molecule has 0 aliphatic heterocycles. The summed E-state index contributed by atoms with van der Waals surface area (Å²) in [6.07, 6.45) is 8.79. The van der Waals surface area contributed by atoms with Crippen molar-refractivity contribution in [2.45, 2.75) is 6.04 Å². The number of carbonyl (C=O) groups is 1. The summed E-state index contributed by atoms with van der Waals surface area (Å²) in [5, 5.41) is 3.58. The summed E-state index contributed by atoms with van der Waals surface area (Å²) in [6.45, 7) is 0. The number of hydrogen-bond acceptors (Lipinski definition) is 2. The molecule has 1 unspecified atom stereocenters. The van der Waals surface area contributed by atoms with Crippen molar-refractivity contribution >= 4 is 29.3 Å². The lowest BCUT2D eigenvalue weighted by atomic mass is 9.98. The van der Waals surface area contributed by atoms with Crippen molar-refractivity contribution in [3.8, 4) is 0 Å². The highest BCUT2D eigenvalue weighted by molar-refractivity contribution is 6.30. The summed E-state index contributed by atoms with van der Waals surface area (Å²) < 4.78 is 2.03. The van der Waals surface area contributed by atoms with E-state index in [4.69, 9.17) is 11.6 Å². The van der Waals surface area contributed by atoms with E-state index in [-0.39, 0.29) is 11.9 Å². The van der Waals surface area contributed by atoms with Gasteiger partial charge in [-0.2, -0.15) is 0 Å². The topological polar surface area (TPSA) is 46.9 Å². The van der Waals surface area contributed by atoms with E-state index in [1.54, 1.807) is 18.6 Å². The Kier molecular flexibility index (Phi) is 6.06. The second-order valence-electron chi connectivity index (χ2n) is 6.82. The highest BCUT2D eigenvalue weighted by Gasteiger charge is 2.16. The molecule has 0 aliphatic carbocycles. The molecule has 0 spiro atoms. The van der Waals surface area contributed by atoms with E-state index in [1.165, 1.54) is 6.08 Å². The summed E-state index contributed by atoms with van der Waals surface area (Å²) in [4.78, 5) is 16.4. The average Bonchev–Trinajstić information content (AvgIpc) is 3.29. The number of benzene rings is 3. The van der Waals surface area contributed by atoms with Crippen molar-refractivity contribution < 1.29 is 4.79 Å². The van der Waals surface area contributed by atoms with Crippen molar-refractivity contribution in [3.63, 3.8) is 0 Å².